The van der Waals surface area contributed by atoms with E-state index >= 15 is 0 Å². The van der Waals surface area contributed by atoms with Gasteiger partial charge in [0.25, 0.3) is 0 Å². The topological polar surface area (TPSA) is 0 Å². The molecule has 2 atom stereocenters. The Bertz CT molecular complexity index is 581. The molecule has 0 nitrogen and oxygen atoms in total. The second-order valence-corrected chi connectivity index (χ2v) is 23.1. The molecule has 0 spiro atoms. The first-order valence-electron chi connectivity index (χ1n) is 11.1. The normalized spacial score (nSPS) is 27.2. The van der Waals surface area contributed by atoms with Crippen molar-refractivity contribution in [1.29, 1.82) is 0 Å². The van der Waals surface area contributed by atoms with Gasteiger partial charge in [0.1, 0.15) is 0 Å². The summed E-state index contributed by atoms with van der Waals surface area (Å²) < 4.78 is 12.1. The minimum absolute atomic E-state index is 0.890. The molecule has 0 radical (unpaired) electrons. The van der Waals surface area contributed by atoms with Crippen LogP contribution in [0.3, 0.4) is 0 Å². The van der Waals surface area contributed by atoms with Crippen LogP contribution >= 0.6 is 0 Å². The van der Waals surface area contributed by atoms with Crippen molar-refractivity contribution in [2.45, 2.75) is 77.1 Å². The third-order valence-corrected chi connectivity index (χ3v) is 21.2. The third-order valence-electron chi connectivity index (χ3n) is 7.18. The van der Waals surface area contributed by atoms with Crippen LogP contribution in [0.15, 0.2) is 46.6 Å². The van der Waals surface area contributed by atoms with Crippen molar-refractivity contribution in [2.24, 2.45) is 11.8 Å². The van der Waals surface area contributed by atoms with Crippen LogP contribution in [0, 0.1) is 11.8 Å². The van der Waals surface area contributed by atoms with Gasteiger partial charge in [-0.3, -0.25) is 0 Å². The van der Waals surface area contributed by atoms with Gasteiger partial charge in [-0.25, -0.2) is 0 Å². The molecule has 0 saturated carbocycles. The molecule has 4 rings (SSSR count). The van der Waals surface area contributed by atoms with E-state index in [-0.39, 0.29) is 0 Å². The Balaban J connectivity index is 1.22. The molecule has 0 saturated heterocycles. The fourth-order valence-corrected chi connectivity index (χ4v) is 26.7. The summed E-state index contributed by atoms with van der Waals surface area (Å²) in [6, 6.07) is 0. The number of hydrogen-bond acceptors (Lipinski definition) is 0. The fraction of sp³-hybridized carbons (Fsp3) is 0.667. The van der Waals surface area contributed by atoms with E-state index in [1.165, 1.54) is 51.4 Å². The zero-order valence-corrected chi connectivity index (χ0v) is 21.9. The molecule has 0 aliphatic heterocycles. The summed E-state index contributed by atoms with van der Waals surface area (Å²) in [6.07, 6.45) is 21.6. The van der Waals surface area contributed by atoms with E-state index < -0.39 is 43.5 Å². The van der Waals surface area contributed by atoms with Crippen LogP contribution < -0.4 is 0 Å². The van der Waals surface area contributed by atoms with Gasteiger partial charge in [-0.05, 0) is 0 Å². The molecule has 2 unspecified atom stereocenters. The molecule has 0 N–H and O–H groups in total. The van der Waals surface area contributed by atoms with Crippen LogP contribution in [-0.4, -0.2) is 0 Å². The Labute approximate surface area is 177 Å². The van der Waals surface area contributed by atoms with E-state index in [9.17, 15) is 0 Å². The standard InChI is InChI=1S/2C10H13.C2H4.2CH3.2Zr/c2*1-8-6-7-9-4-2-3-5-10(8)9;1-2;;;;/h2*6-8H,1-5H2;1-2H2;2*1H3;;. The van der Waals surface area contributed by atoms with Crippen LogP contribution in [0.4, 0.5) is 0 Å². The summed E-state index contributed by atoms with van der Waals surface area (Å²) in [4.78, 5) is 0. The zero-order chi connectivity index (χ0) is 17.9. The van der Waals surface area contributed by atoms with E-state index in [0.717, 1.165) is 11.8 Å². The Kier molecular flexibility index (Phi) is 7.30. The van der Waals surface area contributed by atoms with E-state index in [1.807, 2.05) is 11.1 Å². The van der Waals surface area contributed by atoms with Gasteiger partial charge >= 0.3 is 179 Å². The quantitative estimate of drug-likeness (QED) is 0.327. The van der Waals surface area contributed by atoms with E-state index in [0.29, 0.717) is 0 Å². The SMILES string of the molecule is [CH3][Zr]([CH2][CH2][Zr]([CH3])[CH2]C1C=CC2=C1CCCC2)[CH2]C1C=CC2=C1CCCC2. The van der Waals surface area contributed by atoms with Gasteiger partial charge in [-0.15, -0.1) is 0 Å². The molecule has 26 heavy (non-hydrogen) atoms. The molecular weight excluding hydrogens is 471 g/mol. The molecule has 0 amide bonds. The number of rotatable bonds is 7. The first-order valence-corrected chi connectivity index (χ1v) is 23.0. The Morgan fingerprint density at radius 1 is 0.692 bits per heavy atom. The van der Waals surface area contributed by atoms with Crippen LogP contribution in [0.1, 0.15) is 51.4 Å². The Hall–Kier alpha value is 0.726. The van der Waals surface area contributed by atoms with E-state index in [1.54, 1.807) is 27.7 Å². The van der Waals surface area contributed by atoms with Gasteiger partial charge in [-0.1, -0.05) is 0 Å². The summed E-state index contributed by atoms with van der Waals surface area (Å²) in [7, 11) is 0. The third kappa shape index (κ3) is 4.82. The fourth-order valence-electron chi connectivity index (χ4n) is 5.59. The first-order chi connectivity index (χ1) is 12.7. The predicted molar refractivity (Wildman–Crippen MR) is 107 cm³/mol. The van der Waals surface area contributed by atoms with Crippen LogP contribution in [0.2, 0.25) is 25.8 Å². The summed E-state index contributed by atoms with van der Waals surface area (Å²) in [5, 5.41) is 0. The van der Waals surface area contributed by atoms with Crippen molar-refractivity contribution >= 4 is 0 Å². The summed E-state index contributed by atoms with van der Waals surface area (Å²) in [6.45, 7) is 0. The van der Waals surface area contributed by atoms with Crippen LogP contribution in [0.25, 0.3) is 0 Å². The average molecular weight is 507 g/mol. The Morgan fingerprint density at radius 2 is 1.12 bits per heavy atom. The molecule has 4 aliphatic carbocycles. The number of hydrogen-bond donors (Lipinski definition) is 0. The molecule has 140 valence electrons. The monoisotopic (exact) mass is 504 g/mol. The maximum absolute atomic E-state index is 2.73. The second kappa shape index (κ2) is 9.48. The molecular formula is C24H36Zr2. The minimum atomic E-state index is -1.12. The molecule has 0 heterocycles. The van der Waals surface area contributed by atoms with E-state index in [4.69, 9.17) is 0 Å². The molecule has 0 aromatic heterocycles. The van der Waals surface area contributed by atoms with Gasteiger partial charge in [0.2, 0.25) is 0 Å². The van der Waals surface area contributed by atoms with Gasteiger partial charge in [0.15, 0.2) is 0 Å². The second-order valence-electron chi connectivity index (χ2n) is 9.27. The summed E-state index contributed by atoms with van der Waals surface area (Å²) >= 11 is -2.24. The average Bonchev–Trinajstić information content (AvgIpc) is 3.25. The van der Waals surface area contributed by atoms with Gasteiger partial charge in [0, 0.05) is 0 Å². The molecule has 0 aromatic carbocycles. The number of allylic oxidation sites excluding steroid dienone is 8. The van der Waals surface area contributed by atoms with Crippen LogP contribution in [0.5, 0.6) is 0 Å². The molecule has 0 bridgehead atoms. The van der Waals surface area contributed by atoms with Crippen LogP contribution in [-0.2, 0) is 43.5 Å². The predicted octanol–water partition coefficient (Wildman–Crippen LogP) is 8.11. The molecule has 2 heteroatoms. The van der Waals surface area contributed by atoms with Crippen molar-refractivity contribution in [3.63, 3.8) is 0 Å². The molecule has 4 aliphatic rings. The van der Waals surface area contributed by atoms with Crippen molar-refractivity contribution in [3.8, 4) is 0 Å². The van der Waals surface area contributed by atoms with Crippen molar-refractivity contribution in [3.05, 3.63) is 46.6 Å². The van der Waals surface area contributed by atoms with Gasteiger partial charge in [0.05, 0.1) is 0 Å². The molecule has 0 aromatic rings. The Morgan fingerprint density at radius 3 is 1.58 bits per heavy atom. The first kappa shape index (κ1) is 20.0. The summed E-state index contributed by atoms with van der Waals surface area (Å²) in [5.74, 6) is 1.78. The van der Waals surface area contributed by atoms with Gasteiger partial charge in [-0.2, -0.15) is 0 Å². The maximum atomic E-state index is 2.73. The van der Waals surface area contributed by atoms with Crippen molar-refractivity contribution < 1.29 is 43.5 Å². The zero-order valence-electron chi connectivity index (χ0n) is 16.9. The van der Waals surface area contributed by atoms with Crippen molar-refractivity contribution in [2.75, 3.05) is 0 Å². The van der Waals surface area contributed by atoms with E-state index in [2.05, 4.69) is 33.6 Å². The van der Waals surface area contributed by atoms with Gasteiger partial charge < -0.3 is 0 Å². The summed E-state index contributed by atoms with van der Waals surface area (Å²) in [5.41, 5.74) is 7.24. The molecule has 0 fully saturated rings. The van der Waals surface area contributed by atoms with Crippen molar-refractivity contribution in [1.82, 2.24) is 0 Å².